The van der Waals surface area contributed by atoms with Gasteiger partial charge >= 0.3 is 0 Å². The summed E-state index contributed by atoms with van der Waals surface area (Å²) in [4.78, 5) is 6.78. The van der Waals surface area contributed by atoms with Crippen LogP contribution in [0, 0.1) is 5.82 Å². The monoisotopic (exact) mass is 452 g/mol. The molecule has 0 aliphatic heterocycles. The number of nitrogens with one attached hydrogen (secondary N) is 2. The summed E-state index contributed by atoms with van der Waals surface area (Å²) in [7, 11) is 3.82. The maximum absolute atomic E-state index is 12.9. The fraction of sp³-hybridized carbons (Fsp3) is 0.588. The van der Waals surface area contributed by atoms with E-state index in [2.05, 4.69) is 27.6 Å². The van der Waals surface area contributed by atoms with Crippen molar-refractivity contribution in [2.45, 2.75) is 19.9 Å². The van der Waals surface area contributed by atoms with Crippen molar-refractivity contribution in [2.75, 3.05) is 46.9 Å². The third kappa shape index (κ3) is 10.8. The lowest BCUT2D eigenvalue weighted by atomic mass is 10.2. The average Bonchev–Trinajstić information content (AvgIpc) is 2.54. The van der Waals surface area contributed by atoms with Crippen LogP contribution in [0.3, 0.4) is 0 Å². The Balaban J connectivity index is 0.00000529. The lowest BCUT2D eigenvalue weighted by Gasteiger charge is -2.18. The predicted octanol–water partition coefficient (Wildman–Crippen LogP) is 2.47. The maximum atomic E-state index is 12.9. The molecule has 138 valence electrons. The number of hydrogen-bond donors (Lipinski definition) is 2. The molecule has 7 heteroatoms. The van der Waals surface area contributed by atoms with Crippen LogP contribution in [0.25, 0.3) is 0 Å². The minimum Gasteiger partial charge on any atom is -0.385 e. The number of rotatable bonds is 10. The van der Waals surface area contributed by atoms with E-state index in [1.807, 2.05) is 6.92 Å². The molecule has 0 spiro atoms. The summed E-state index contributed by atoms with van der Waals surface area (Å²) < 4.78 is 17.9. The van der Waals surface area contributed by atoms with Gasteiger partial charge in [-0.25, -0.2) is 9.38 Å². The predicted molar refractivity (Wildman–Crippen MR) is 109 cm³/mol. The fourth-order valence-corrected chi connectivity index (χ4v) is 2.06. The standard InChI is InChI=1S/C17H29FN4O.HI/c1-4-19-17(20-10-12-22(2)11-5-13-23-3)21-14-15-6-8-16(18)9-7-15;/h6-9H,4-5,10-14H2,1-3H3,(H2,19,20,21);1H. The van der Waals surface area contributed by atoms with Crippen molar-refractivity contribution in [1.82, 2.24) is 15.5 Å². The van der Waals surface area contributed by atoms with Gasteiger partial charge in [-0.1, -0.05) is 12.1 Å². The van der Waals surface area contributed by atoms with Gasteiger partial charge in [-0.2, -0.15) is 0 Å². The third-order valence-electron chi connectivity index (χ3n) is 3.35. The molecule has 0 aliphatic rings. The molecule has 1 rings (SSSR count). The van der Waals surface area contributed by atoms with Gasteiger partial charge in [0.15, 0.2) is 5.96 Å². The summed E-state index contributed by atoms with van der Waals surface area (Å²) in [6.45, 7) is 6.92. The van der Waals surface area contributed by atoms with Crippen molar-refractivity contribution in [3.8, 4) is 0 Å². The fourth-order valence-electron chi connectivity index (χ4n) is 2.06. The minimum atomic E-state index is -0.223. The van der Waals surface area contributed by atoms with E-state index in [9.17, 15) is 4.39 Å². The molecule has 0 aromatic heterocycles. The lowest BCUT2D eigenvalue weighted by Crippen LogP contribution is -2.41. The number of aliphatic imine (C=N–C) groups is 1. The molecule has 24 heavy (non-hydrogen) atoms. The average molecular weight is 452 g/mol. The zero-order valence-corrected chi connectivity index (χ0v) is 17.2. The quantitative estimate of drug-likeness (QED) is 0.248. The smallest absolute Gasteiger partial charge is 0.191 e. The number of benzene rings is 1. The molecule has 1 aromatic carbocycles. The van der Waals surface area contributed by atoms with Crippen molar-refractivity contribution in [3.05, 3.63) is 35.6 Å². The van der Waals surface area contributed by atoms with Crippen LogP contribution in [0.1, 0.15) is 18.9 Å². The summed E-state index contributed by atoms with van der Waals surface area (Å²) in [5, 5.41) is 6.53. The van der Waals surface area contributed by atoms with Crippen LogP contribution in [0.5, 0.6) is 0 Å². The molecule has 1 aromatic rings. The van der Waals surface area contributed by atoms with Crippen molar-refractivity contribution >= 4 is 29.9 Å². The number of nitrogens with zero attached hydrogens (tertiary/aromatic N) is 2. The van der Waals surface area contributed by atoms with Gasteiger partial charge in [0.25, 0.3) is 0 Å². The van der Waals surface area contributed by atoms with Crippen LogP contribution in [-0.4, -0.2) is 57.8 Å². The van der Waals surface area contributed by atoms with E-state index in [-0.39, 0.29) is 29.8 Å². The number of ether oxygens (including phenoxy) is 1. The largest absolute Gasteiger partial charge is 0.385 e. The molecule has 0 saturated heterocycles. The summed E-state index contributed by atoms with van der Waals surface area (Å²) in [5.41, 5.74) is 0.986. The van der Waals surface area contributed by atoms with Gasteiger partial charge in [0, 0.05) is 39.9 Å². The Kier molecular flexibility index (Phi) is 13.9. The van der Waals surface area contributed by atoms with Crippen molar-refractivity contribution < 1.29 is 9.13 Å². The van der Waals surface area contributed by atoms with E-state index >= 15 is 0 Å². The first-order valence-corrected chi connectivity index (χ1v) is 8.09. The number of hydrogen-bond acceptors (Lipinski definition) is 3. The van der Waals surface area contributed by atoms with Crippen LogP contribution in [0.15, 0.2) is 29.3 Å². The second kappa shape index (κ2) is 14.4. The molecule has 0 amide bonds. The highest BCUT2D eigenvalue weighted by Gasteiger charge is 2.01. The molecule has 0 unspecified atom stereocenters. The summed E-state index contributed by atoms with van der Waals surface area (Å²) in [6, 6.07) is 6.43. The van der Waals surface area contributed by atoms with Gasteiger partial charge in [0.1, 0.15) is 5.82 Å². The summed E-state index contributed by atoms with van der Waals surface area (Å²) >= 11 is 0. The third-order valence-corrected chi connectivity index (χ3v) is 3.35. The number of halogens is 2. The van der Waals surface area contributed by atoms with Gasteiger partial charge in [-0.05, 0) is 38.1 Å². The number of methoxy groups -OCH3 is 1. The maximum Gasteiger partial charge on any atom is 0.191 e. The number of guanidine groups is 1. The van der Waals surface area contributed by atoms with Crippen molar-refractivity contribution in [2.24, 2.45) is 4.99 Å². The van der Waals surface area contributed by atoms with Gasteiger partial charge in [0.2, 0.25) is 0 Å². The van der Waals surface area contributed by atoms with Crippen molar-refractivity contribution in [3.63, 3.8) is 0 Å². The van der Waals surface area contributed by atoms with Crippen LogP contribution >= 0.6 is 24.0 Å². The minimum absolute atomic E-state index is 0. The van der Waals surface area contributed by atoms with Crippen LogP contribution < -0.4 is 10.6 Å². The van der Waals surface area contributed by atoms with E-state index in [0.29, 0.717) is 6.54 Å². The molecule has 0 saturated carbocycles. The molecule has 0 bridgehead atoms. The molecule has 0 radical (unpaired) electrons. The zero-order valence-electron chi connectivity index (χ0n) is 14.8. The van der Waals surface area contributed by atoms with Gasteiger partial charge < -0.3 is 20.3 Å². The molecule has 0 atom stereocenters. The molecule has 5 nitrogen and oxygen atoms in total. The lowest BCUT2D eigenvalue weighted by molar-refractivity contribution is 0.180. The van der Waals surface area contributed by atoms with Crippen molar-refractivity contribution in [1.29, 1.82) is 0 Å². The van der Waals surface area contributed by atoms with E-state index in [1.165, 1.54) is 12.1 Å². The first kappa shape index (κ1) is 23.1. The second-order valence-electron chi connectivity index (χ2n) is 5.40. The Morgan fingerprint density at radius 1 is 1.21 bits per heavy atom. The molecular formula is C17H30FIN4O. The first-order chi connectivity index (χ1) is 11.2. The molecule has 0 fully saturated rings. The number of likely N-dealkylation sites (N-methyl/N-ethyl adjacent to an activating group) is 1. The van der Waals surface area contributed by atoms with E-state index in [0.717, 1.165) is 50.7 Å². The van der Waals surface area contributed by atoms with Crippen LogP contribution in [0.4, 0.5) is 4.39 Å². The molecule has 0 heterocycles. The summed E-state index contributed by atoms with van der Waals surface area (Å²) in [5.74, 6) is 0.557. The Morgan fingerprint density at radius 3 is 2.54 bits per heavy atom. The van der Waals surface area contributed by atoms with Crippen LogP contribution in [-0.2, 0) is 11.3 Å². The van der Waals surface area contributed by atoms with Gasteiger partial charge in [0.05, 0.1) is 6.54 Å². The summed E-state index contributed by atoms with van der Waals surface area (Å²) in [6.07, 6.45) is 1.03. The SMILES string of the molecule is CCNC(=NCc1ccc(F)cc1)NCCN(C)CCCOC.I. The highest BCUT2D eigenvalue weighted by molar-refractivity contribution is 14.0. The second-order valence-corrected chi connectivity index (χ2v) is 5.40. The van der Waals surface area contributed by atoms with E-state index in [4.69, 9.17) is 4.74 Å². The Labute approximate surface area is 162 Å². The highest BCUT2D eigenvalue weighted by Crippen LogP contribution is 2.03. The Bertz CT molecular complexity index is 456. The highest BCUT2D eigenvalue weighted by atomic mass is 127. The normalized spacial score (nSPS) is 11.3. The Morgan fingerprint density at radius 2 is 1.92 bits per heavy atom. The topological polar surface area (TPSA) is 48.9 Å². The molecular weight excluding hydrogens is 422 g/mol. The van der Waals surface area contributed by atoms with Gasteiger partial charge in [-0.15, -0.1) is 24.0 Å². The zero-order chi connectivity index (χ0) is 16.9. The molecule has 2 N–H and O–H groups in total. The van der Waals surface area contributed by atoms with E-state index in [1.54, 1.807) is 19.2 Å². The van der Waals surface area contributed by atoms with Gasteiger partial charge in [-0.3, -0.25) is 0 Å². The molecule has 0 aliphatic carbocycles. The van der Waals surface area contributed by atoms with Crippen LogP contribution in [0.2, 0.25) is 0 Å². The van der Waals surface area contributed by atoms with E-state index < -0.39 is 0 Å². The Hall–Kier alpha value is -0.930. The first-order valence-electron chi connectivity index (χ1n) is 8.09.